The third kappa shape index (κ3) is 3.62. The van der Waals surface area contributed by atoms with Crippen LogP contribution < -0.4 is 5.32 Å². The first kappa shape index (κ1) is 17.1. The van der Waals surface area contributed by atoms with Crippen molar-refractivity contribution < 1.29 is 4.79 Å². The summed E-state index contributed by atoms with van der Waals surface area (Å²) < 4.78 is 2.10. The van der Waals surface area contributed by atoms with Gasteiger partial charge in [-0.2, -0.15) is 5.10 Å². The first-order valence-corrected chi connectivity index (χ1v) is 10.3. The van der Waals surface area contributed by atoms with E-state index in [-0.39, 0.29) is 5.91 Å². The second-order valence-corrected chi connectivity index (χ2v) is 8.25. The van der Waals surface area contributed by atoms with Crippen molar-refractivity contribution in [1.29, 1.82) is 0 Å². The van der Waals surface area contributed by atoms with E-state index >= 15 is 0 Å². The van der Waals surface area contributed by atoms with Crippen molar-refractivity contribution in [2.45, 2.75) is 89.3 Å². The zero-order chi connectivity index (χ0) is 17.2. The lowest BCUT2D eigenvalue weighted by Crippen LogP contribution is -2.49. The van der Waals surface area contributed by atoms with Crippen LogP contribution in [-0.4, -0.2) is 45.8 Å². The number of rotatable bonds is 4. The minimum absolute atomic E-state index is 0.0710. The van der Waals surface area contributed by atoms with Gasteiger partial charge in [0.1, 0.15) is 0 Å². The molecule has 2 saturated carbocycles. The maximum absolute atomic E-state index is 12.7. The minimum atomic E-state index is 0.0710. The average molecular weight is 345 g/mol. The van der Waals surface area contributed by atoms with Crippen molar-refractivity contribution >= 4 is 5.91 Å². The Morgan fingerprint density at radius 3 is 2.32 bits per heavy atom. The summed E-state index contributed by atoms with van der Waals surface area (Å²) in [7, 11) is 0. The first-order valence-electron chi connectivity index (χ1n) is 10.3. The first-order chi connectivity index (χ1) is 12.2. The Morgan fingerprint density at radius 2 is 1.68 bits per heavy atom. The quantitative estimate of drug-likeness (QED) is 0.910. The molecule has 3 fully saturated rings. The number of carbonyl (C=O) groups excluding carboxylic acids is 1. The highest BCUT2D eigenvalue weighted by atomic mass is 16.1. The van der Waals surface area contributed by atoms with Crippen LogP contribution in [0, 0.1) is 6.92 Å². The summed E-state index contributed by atoms with van der Waals surface area (Å²) in [5, 5.41) is 7.82. The van der Waals surface area contributed by atoms with Gasteiger partial charge in [-0.1, -0.05) is 25.7 Å². The van der Waals surface area contributed by atoms with Crippen LogP contribution in [0.1, 0.15) is 86.3 Å². The van der Waals surface area contributed by atoms with Crippen LogP contribution >= 0.6 is 0 Å². The monoisotopic (exact) mass is 344 g/mol. The van der Waals surface area contributed by atoms with Gasteiger partial charge in [0.25, 0.3) is 5.91 Å². The molecule has 0 aromatic carbocycles. The predicted molar refractivity (Wildman–Crippen MR) is 98.8 cm³/mol. The third-order valence-corrected chi connectivity index (χ3v) is 6.67. The van der Waals surface area contributed by atoms with Gasteiger partial charge in [0.2, 0.25) is 0 Å². The van der Waals surface area contributed by atoms with Crippen LogP contribution in [0.25, 0.3) is 0 Å². The molecule has 138 valence electrons. The van der Waals surface area contributed by atoms with Gasteiger partial charge < -0.3 is 10.2 Å². The van der Waals surface area contributed by atoms with Gasteiger partial charge in [-0.05, 0) is 45.4 Å². The molecule has 25 heavy (non-hydrogen) atoms. The summed E-state index contributed by atoms with van der Waals surface area (Å²) in [4.78, 5) is 15.4. The molecule has 1 aromatic heterocycles. The van der Waals surface area contributed by atoms with Crippen LogP contribution in [0.5, 0.6) is 0 Å². The summed E-state index contributed by atoms with van der Waals surface area (Å²) in [5.41, 5.74) is 1.81. The van der Waals surface area contributed by atoms with Crippen LogP contribution in [-0.2, 0) is 0 Å². The number of nitrogens with zero attached hydrogens (tertiary/aromatic N) is 3. The van der Waals surface area contributed by atoms with E-state index in [9.17, 15) is 4.79 Å². The highest BCUT2D eigenvalue weighted by molar-refractivity contribution is 5.95. The minimum Gasteiger partial charge on any atom is -0.349 e. The largest absolute Gasteiger partial charge is 0.349 e. The predicted octanol–water partition coefficient (Wildman–Crippen LogP) is 3.44. The zero-order valence-corrected chi connectivity index (χ0v) is 15.5. The van der Waals surface area contributed by atoms with Gasteiger partial charge in [-0.25, -0.2) is 0 Å². The lowest BCUT2D eigenvalue weighted by atomic mass is 9.89. The molecule has 2 aliphatic carbocycles. The second kappa shape index (κ2) is 7.48. The van der Waals surface area contributed by atoms with E-state index in [2.05, 4.69) is 26.9 Å². The van der Waals surface area contributed by atoms with Gasteiger partial charge in [0.15, 0.2) is 0 Å². The van der Waals surface area contributed by atoms with E-state index in [1.54, 1.807) is 6.20 Å². The van der Waals surface area contributed by atoms with E-state index in [4.69, 9.17) is 0 Å². The van der Waals surface area contributed by atoms with Gasteiger partial charge >= 0.3 is 0 Å². The number of hydrogen-bond donors (Lipinski definition) is 1. The van der Waals surface area contributed by atoms with E-state index in [1.165, 1.54) is 51.4 Å². The number of amides is 1. The fourth-order valence-electron chi connectivity index (χ4n) is 4.76. The fourth-order valence-corrected chi connectivity index (χ4v) is 4.76. The molecule has 1 saturated heterocycles. The van der Waals surface area contributed by atoms with Crippen LogP contribution in [0.3, 0.4) is 0 Å². The molecule has 0 unspecified atom stereocenters. The smallest absolute Gasteiger partial charge is 0.254 e. The van der Waals surface area contributed by atoms with E-state index in [1.807, 2.05) is 0 Å². The molecule has 5 nitrogen and oxygen atoms in total. The van der Waals surface area contributed by atoms with Gasteiger partial charge in [-0.3, -0.25) is 9.48 Å². The SMILES string of the molecule is Cc1c(C(=O)NC2CCN(C3CCC3)CC2)cnn1C1CCCCC1. The van der Waals surface area contributed by atoms with Crippen molar-refractivity contribution in [3.05, 3.63) is 17.5 Å². The van der Waals surface area contributed by atoms with Crippen LogP contribution in [0.4, 0.5) is 0 Å². The summed E-state index contributed by atoms with van der Waals surface area (Å²) >= 11 is 0. The third-order valence-electron chi connectivity index (χ3n) is 6.67. The standard InChI is InChI=1S/C20H32N4O/c1-15-19(14-21-24(15)18-6-3-2-4-7-18)20(25)22-16-10-12-23(13-11-16)17-8-5-9-17/h14,16-18H,2-13H2,1H3,(H,22,25). The van der Waals surface area contributed by atoms with Crippen molar-refractivity contribution in [2.75, 3.05) is 13.1 Å². The van der Waals surface area contributed by atoms with E-state index in [0.717, 1.165) is 43.2 Å². The number of likely N-dealkylation sites (tertiary alicyclic amines) is 1. The molecule has 5 heteroatoms. The fraction of sp³-hybridized carbons (Fsp3) is 0.800. The number of aromatic nitrogens is 2. The Balaban J connectivity index is 1.33. The number of carbonyl (C=O) groups is 1. The zero-order valence-electron chi connectivity index (χ0n) is 15.5. The van der Waals surface area contributed by atoms with Gasteiger partial charge in [0.05, 0.1) is 17.8 Å². The molecule has 0 spiro atoms. The lowest BCUT2D eigenvalue weighted by molar-refractivity contribution is 0.0800. The molecule has 2 heterocycles. The van der Waals surface area contributed by atoms with E-state index < -0.39 is 0 Å². The summed E-state index contributed by atoms with van der Waals surface area (Å²) in [6.45, 7) is 4.32. The Labute approximate surface area is 151 Å². The lowest BCUT2D eigenvalue weighted by Gasteiger charge is -2.41. The molecular formula is C20H32N4O. The summed E-state index contributed by atoms with van der Waals surface area (Å²) in [6.07, 6.45) is 14.4. The topological polar surface area (TPSA) is 50.2 Å². The number of piperidine rings is 1. The Kier molecular flexibility index (Phi) is 5.11. The van der Waals surface area contributed by atoms with Crippen molar-refractivity contribution in [2.24, 2.45) is 0 Å². The normalized spacial score (nSPS) is 24.2. The van der Waals surface area contributed by atoms with Gasteiger partial charge in [-0.15, -0.1) is 0 Å². The Hall–Kier alpha value is -1.36. The molecule has 4 rings (SSSR count). The van der Waals surface area contributed by atoms with Gasteiger partial charge in [0, 0.05) is 30.9 Å². The maximum atomic E-state index is 12.7. The summed E-state index contributed by atoms with van der Waals surface area (Å²) in [5.74, 6) is 0.0710. The molecular weight excluding hydrogens is 312 g/mol. The Morgan fingerprint density at radius 1 is 1.00 bits per heavy atom. The van der Waals surface area contributed by atoms with Crippen molar-refractivity contribution in [3.8, 4) is 0 Å². The molecule has 0 radical (unpaired) electrons. The summed E-state index contributed by atoms with van der Waals surface area (Å²) in [6, 6.07) is 1.63. The molecule has 1 amide bonds. The molecule has 1 N–H and O–H groups in total. The second-order valence-electron chi connectivity index (χ2n) is 8.25. The molecule has 0 bridgehead atoms. The molecule has 1 aromatic rings. The number of hydrogen-bond acceptors (Lipinski definition) is 3. The van der Waals surface area contributed by atoms with Crippen molar-refractivity contribution in [1.82, 2.24) is 20.0 Å². The molecule has 1 aliphatic heterocycles. The number of nitrogens with one attached hydrogen (secondary N) is 1. The average Bonchev–Trinajstić information content (AvgIpc) is 2.97. The van der Waals surface area contributed by atoms with Crippen molar-refractivity contribution in [3.63, 3.8) is 0 Å². The molecule has 0 atom stereocenters. The van der Waals surface area contributed by atoms with Crippen LogP contribution in [0.15, 0.2) is 6.20 Å². The maximum Gasteiger partial charge on any atom is 0.254 e. The van der Waals surface area contributed by atoms with E-state index in [0.29, 0.717) is 12.1 Å². The Bertz CT molecular complexity index is 593. The van der Waals surface area contributed by atoms with Crippen LogP contribution in [0.2, 0.25) is 0 Å². The highest BCUT2D eigenvalue weighted by Crippen LogP contribution is 2.30. The molecule has 3 aliphatic rings. The highest BCUT2D eigenvalue weighted by Gasteiger charge is 2.30.